The van der Waals surface area contributed by atoms with Crippen molar-refractivity contribution >= 4 is 17.7 Å². The predicted octanol–water partition coefficient (Wildman–Crippen LogP) is 3.76. The lowest BCUT2D eigenvalue weighted by Gasteiger charge is -2.00. The van der Waals surface area contributed by atoms with Crippen LogP contribution in [0.25, 0.3) is 0 Å². The van der Waals surface area contributed by atoms with Crippen molar-refractivity contribution in [3.63, 3.8) is 0 Å². The first-order valence-electron chi connectivity index (χ1n) is 8.15. The molecule has 1 N–H and O–H groups in total. The number of benzene rings is 1. The minimum atomic E-state index is -0.284. The molecule has 1 aliphatic carbocycles. The molecular formula is C18H17N3O3S. The highest BCUT2D eigenvalue weighted by Crippen LogP contribution is 2.38. The van der Waals surface area contributed by atoms with Crippen molar-refractivity contribution in [1.29, 1.82) is 0 Å². The Morgan fingerprint density at radius 2 is 2.04 bits per heavy atom. The Bertz CT molecular complexity index is 855. The number of furan rings is 1. The van der Waals surface area contributed by atoms with Crippen molar-refractivity contribution < 1.29 is 13.7 Å². The third-order valence-corrected chi connectivity index (χ3v) is 4.86. The van der Waals surface area contributed by atoms with Crippen LogP contribution in [0.3, 0.4) is 0 Å². The van der Waals surface area contributed by atoms with Crippen molar-refractivity contribution in [2.45, 2.75) is 36.0 Å². The maximum absolute atomic E-state index is 12.2. The van der Waals surface area contributed by atoms with Gasteiger partial charge in [-0.1, -0.05) is 23.4 Å². The van der Waals surface area contributed by atoms with Gasteiger partial charge in [-0.25, -0.2) is 0 Å². The van der Waals surface area contributed by atoms with E-state index in [0.29, 0.717) is 23.4 Å². The zero-order valence-electron chi connectivity index (χ0n) is 13.5. The second kappa shape index (κ2) is 7.14. The highest BCUT2D eigenvalue weighted by molar-refractivity contribution is 7.98. The zero-order chi connectivity index (χ0) is 17.1. The summed E-state index contributed by atoms with van der Waals surface area (Å²) in [5, 5.41) is 6.63. The summed E-state index contributed by atoms with van der Waals surface area (Å²) in [7, 11) is 0. The van der Waals surface area contributed by atoms with E-state index in [1.807, 2.05) is 36.4 Å². The van der Waals surface area contributed by atoms with E-state index in [9.17, 15) is 4.79 Å². The number of aromatic nitrogens is 2. The zero-order valence-corrected chi connectivity index (χ0v) is 14.3. The Morgan fingerprint density at radius 1 is 1.20 bits per heavy atom. The van der Waals surface area contributed by atoms with Crippen LogP contribution in [0.1, 0.15) is 46.8 Å². The number of rotatable bonds is 7. The van der Waals surface area contributed by atoms with Crippen LogP contribution >= 0.6 is 11.8 Å². The molecule has 7 heteroatoms. The Balaban J connectivity index is 1.29. The van der Waals surface area contributed by atoms with Gasteiger partial charge in [-0.3, -0.25) is 4.79 Å². The lowest BCUT2D eigenvalue weighted by molar-refractivity contribution is 0.0920. The lowest BCUT2D eigenvalue weighted by Crippen LogP contribution is -2.22. The van der Waals surface area contributed by atoms with E-state index in [0.717, 1.165) is 23.5 Å². The van der Waals surface area contributed by atoms with E-state index in [-0.39, 0.29) is 18.2 Å². The van der Waals surface area contributed by atoms with Gasteiger partial charge in [0, 0.05) is 10.8 Å². The molecule has 0 unspecified atom stereocenters. The molecule has 0 saturated heterocycles. The molecule has 1 amide bonds. The number of thioether (sulfide) groups is 1. The van der Waals surface area contributed by atoms with Gasteiger partial charge in [0.2, 0.25) is 5.89 Å². The molecule has 0 atom stereocenters. The third kappa shape index (κ3) is 4.11. The Morgan fingerprint density at radius 3 is 2.84 bits per heavy atom. The van der Waals surface area contributed by atoms with Crippen molar-refractivity contribution in [2.75, 3.05) is 0 Å². The fourth-order valence-electron chi connectivity index (χ4n) is 2.33. The van der Waals surface area contributed by atoms with E-state index in [1.54, 1.807) is 17.8 Å². The van der Waals surface area contributed by atoms with E-state index >= 15 is 0 Å². The van der Waals surface area contributed by atoms with Gasteiger partial charge in [0.1, 0.15) is 5.76 Å². The van der Waals surface area contributed by atoms with Crippen LogP contribution in [0, 0.1) is 0 Å². The van der Waals surface area contributed by atoms with Gasteiger partial charge >= 0.3 is 0 Å². The van der Waals surface area contributed by atoms with Crippen LogP contribution in [0.2, 0.25) is 0 Å². The largest absolute Gasteiger partial charge is 0.455 e. The maximum Gasteiger partial charge on any atom is 0.287 e. The summed E-state index contributed by atoms with van der Waals surface area (Å²) in [4.78, 5) is 17.6. The molecule has 1 aromatic carbocycles. The van der Waals surface area contributed by atoms with Gasteiger partial charge in [0.25, 0.3) is 5.91 Å². The first-order valence-corrected chi connectivity index (χ1v) is 9.14. The molecule has 1 aliphatic rings. The van der Waals surface area contributed by atoms with Gasteiger partial charge in [0.05, 0.1) is 12.3 Å². The molecule has 2 aromatic heterocycles. The van der Waals surface area contributed by atoms with Gasteiger partial charge in [-0.15, -0.1) is 11.8 Å². The SMILES string of the molecule is O=C(NCc1noc(C2CC2)n1)c1ccc(CSc2ccccc2)o1. The molecule has 0 aliphatic heterocycles. The molecule has 0 radical (unpaired) electrons. The molecule has 128 valence electrons. The molecule has 6 nitrogen and oxygen atoms in total. The molecule has 3 aromatic rings. The second-order valence-corrected chi connectivity index (χ2v) is 6.92. The number of carbonyl (C=O) groups is 1. The molecule has 1 saturated carbocycles. The smallest absolute Gasteiger partial charge is 0.287 e. The summed E-state index contributed by atoms with van der Waals surface area (Å²) in [5.41, 5.74) is 0. The van der Waals surface area contributed by atoms with Crippen LogP contribution in [0.5, 0.6) is 0 Å². The highest BCUT2D eigenvalue weighted by atomic mass is 32.2. The molecule has 0 spiro atoms. The monoisotopic (exact) mass is 355 g/mol. The molecule has 2 heterocycles. The van der Waals surface area contributed by atoms with Crippen LogP contribution < -0.4 is 5.32 Å². The molecular weight excluding hydrogens is 338 g/mol. The van der Waals surface area contributed by atoms with Gasteiger partial charge in [0.15, 0.2) is 11.6 Å². The van der Waals surface area contributed by atoms with Crippen molar-refractivity contribution in [3.8, 4) is 0 Å². The van der Waals surface area contributed by atoms with Crippen molar-refractivity contribution in [2.24, 2.45) is 0 Å². The van der Waals surface area contributed by atoms with E-state index in [4.69, 9.17) is 8.94 Å². The summed E-state index contributed by atoms with van der Waals surface area (Å²) in [5.74, 6) is 3.00. The molecule has 0 bridgehead atoms. The molecule has 4 rings (SSSR count). The minimum absolute atomic E-state index is 0.226. The number of hydrogen-bond acceptors (Lipinski definition) is 6. The van der Waals surface area contributed by atoms with E-state index in [2.05, 4.69) is 15.5 Å². The summed E-state index contributed by atoms with van der Waals surface area (Å²) >= 11 is 1.66. The van der Waals surface area contributed by atoms with Crippen LogP contribution in [-0.4, -0.2) is 16.0 Å². The molecule has 25 heavy (non-hydrogen) atoms. The predicted molar refractivity (Wildman–Crippen MR) is 92.2 cm³/mol. The van der Waals surface area contributed by atoms with E-state index in [1.165, 1.54) is 0 Å². The standard InChI is InChI=1S/C18H17N3O3S/c22-17(19-10-16-20-18(24-21-16)12-6-7-12)15-9-8-13(23-15)11-25-14-4-2-1-3-5-14/h1-5,8-9,12H,6-7,10-11H2,(H,19,22). The topological polar surface area (TPSA) is 81.2 Å². The first-order chi connectivity index (χ1) is 12.3. The Hall–Kier alpha value is -2.54. The van der Waals surface area contributed by atoms with Gasteiger partial charge < -0.3 is 14.3 Å². The summed E-state index contributed by atoms with van der Waals surface area (Å²) in [6, 6.07) is 13.6. The normalized spacial score (nSPS) is 13.8. The number of carbonyl (C=O) groups excluding carboxylic acids is 1. The van der Waals surface area contributed by atoms with Gasteiger partial charge in [-0.05, 0) is 37.1 Å². The highest BCUT2D eigenvalue weighted by Gasteiger charge is 2.29. The Labute approximate surface area is 149 Å². The second-order valence-electron chi connectivity index (χ2n) is 5.87. The Kier molecular flexibility index (Phi) is 4.56. The summed E-state index contributed by atoms with van der Waals surface area (Å²) < 4.78 is 10.8. The quantitative estimate of drug-likeness (QED) is 0.650. The summed E-state index contributed by atoms with van der Waals surface area (Å²) in [6.07, 6.45) is 2.20. The number of amides is 1. The third-order valence-electron chi connectivity index (χ3n) is 3.83. The van der Waals surface area contributed by atoms with Crippen LogP contribution in [0.4, 0.5) is 0 Å². The minimum Gasteiger partial charge on any atom is -0.455 e. The first kappa shape index (κ1) is 16.0. The van der Waals surface area contributed by atoms with Gasteiger partial charge in [-0.2, -0.15) is 4.98 Å². The summed E-state index contributed by atoms with van der Waals surface area (Å²) in [6.45, 7) is 0.226. The number of nitrogens with one attached hydrogen (secondary N) is 1. The maximum atomic E-state index is 12.2. The fraction of sp³-hybridized carbons (Fsp3) is 0.278. The van der Waals surface area contributed by atoms with Crippen LogP contribution in [-0.2, 0) is 12.3 Å². The fourth-order valence-corrected chi connectivity index (χ4v) is 3.14. The lowest BCUT2D eigenvalue weighted by atomic mass is 10.4. The van der Waals surface area contributed by atoms with Crippen molar-refractivity contribution in [3.05, 3.63) is 65.7 Å². The number of nitrogens with zero attached hydrogens (tertiary/aromatic N) is 2. The average molecular weight is 355 g/mol. The van der Waals surface area contributed by atoms with E-state index < -0.39 is 0 Å². The molecule has 1 fully saturated rings. The van der Waals surface area contributed by atoms with Crippen LogP contribution in [0.15, 0.2) is 56.3 Å². The van der Waals surface area contributed by atoms with Crippen molar-refractivity contribution in [1.82, 2.24) is 15.5 Å². The number of hydrogen-bond donors (Lipinski definition) is 1. The average Bonchev–Trinajstić information content (AvgIpc) is 3.20.